The maximum absolute atomic E-state index is 11.7. The molecule has 5 nitrogen and oxygen atoms in total. The number of ether oxygens (including phenoxy) is 1. The molecule has 0 spiro atoms. The van der Waals surface area contributed by atoms with Crippen LogP contribution in [0.1, 0.15) is 51.9 Å². The molecule has 0 rings (SSSR count). The Morgan fingerprint density at radius 1 is 1.10 bits per heavy atom. The van der Waals surface area contributed by atoms with Gasteiger partial charge in [-0.25, -0.2) is 0 Å². The van der Waals surface area contributed by atoms with Crippen LogP contribution in [0, 0.1) is 0 Å². The molecule has 0 aromatic rings. The van der Waals surface area contributed by atoms with Gasteiger partial charge in [-0.2, -0.15) is 0 Å². The van der Waals surface area contributed by atoms with Gasteiger partial charge in [0.2, 0.25) is 0 Å². The molecule has 0 aliphatic carbocycles. The number of esters is 1. The van der Waals surface area contributed by atoms with Crippen molar-refractivity contribution in [3.63, 3.8) is 0 Å². The van der Waals surface area contributed by atoms with Crippen LogP contribution in [0.4, 0.5) is 0 Å². The van der Waals surface area contributed by atoms with Gasteiger partial charge in [-0.15, -0.1) is 0 Å². The van der Waals surface area contributed by atoms with Crippen molar-refractivity contribution in [3.8, 4) is 0 Å². The molecular weight excluding hydrogens is 258 g/mol. The molecule has 0 heterocycles. The summed E-state index contributed by atoms with van der Waals surface area (Å²) in [5.41, 5.74) is 0. The Bertz CT molecular complexity index is 297. The number of hydrogen-bond acceptors (Lipinski definition) is 3. The van der Waals surface area contributed by atoms with Crippen molar-refractivity contribution in [1.29, 1.82) is 0 Å². The Balaban J connectivity index is 4.08. The first kappa shape index (κ1) is 18.9. The summed E-state index contributed by atoms with van der Waals surface area (Å²) in [4.78, 5) is 22.5. The largest absolute Gasteiger partial charge is 0.481 e. The zero-order valence-corrected chi connectivity index (χ0v) is 13.4. The van der Waals surface area contributed by atoms with E-state index in [9.17, 15) is 9.59 Å². The minimum Gasteiger partial charge on any atom is -0.481 e. The van der Waals surface area contributed by atoms with Gasteiger partial charge in [0, 0.05) is 6.42 Å². The van der Waals surface area contributed by atoms with Gasteiger partial charge in [-0.1, -0.05) is 32.6 Å². The Hall–Kier alpha value is -1.10. The van der Waals surface area contributed by atoms with Crippen molar-refractivity contribution >= 4 is 11.9 Å². The van der Waals surface area contributed by atoms with Crippen molar-refractivity contribution in [2.75, 3.05) is 27.7 Å². The lowest BCUT2D eigenvalue weighted by Crippen LogP contribution is -2.43. The summed E-state index contributed by atoms with van der Waals surface area (Å²) in [5, 5.41) is 8.87. The summed E-state index contributed by atoms with van der Waals surface area (Å²) in [6, 6.07) is 0. The number of nitrogens with zero attached hydrogens (tertiary/aromatic N) is 1. The second-order valence-corrected chi connectivity index (χ2v) is 6.35. The normalized spacial score (nSPS) is 13.0. The smallest absolute Gasteiger partial charge is 0.307 e. The summed E-state index contributed by atoms with van der Waals surface area (Å²) in [6.07, 6.45) is 5.07. The van der Waals surface area contributed by atoms with Crippen LogP contribution in [0.25, 0.3) is 0 Å². The molecule has 1 N–H and O–H groups in total. The number of rotatable bonds is 11. The van der Waals surface area contributed by atoms with E-state index in [2.05, 4.69) is 6.92 Å². The maximum Gasteiger partial charge on any atom is 0.307 e. The van der Waals surface area contributed by atoms with Gasteiger partial charge in [0.25, 0.3) is 0 Å². The van der Waals surface area contributed by atoms with Crippen LogP contribution in [0.2, 0.25) is 0 Å². The van der Waals surface area contributed by atoms with E-state index in [1.165, 1.54) is 12.8 Å². The second kappa shape index (κ2) is 9.75. The number of hydrogen-bond donors (Lipinski definition) is 1. The van der Waals surface area contributed by atoms with Crippen LogP contribution in [-0.2, 0) is 14.3 Å². The summed E-state index contributed by atoms with van der Waals surface area (Å²) >= 11 is 0. The number of quaternary nitrogens is 1. The number of aliphatic carboxylic acids is 1. The molecule has 0 radical (unpaired) electrons. The standard InChI is InChI=1S/C15H29NO4/c1-5-6-7-8-9-10-15(19)20-13(11-14(17)18)12-16(2,3)4/h13H,5-12H2,1-4H3/p+1/t13-/m0/s1. The number of carbonyl (C=O) groups is 2. The molecular formula is C15H30NO4+. The first-order valence-electron chi connectivity index (χ1n) is 7.46. The zero-order chi connectivity index (χ0) is 15.6. The Labute approximate surface area is 122 Å². The van der Waals surface area contributed by atoms with E-state index in [0.717, 1.165) is 19.3 Å². The van der Waals surface area contributed by atoms with Gasteiger partial charge in [0.05, 0.1) is 27.6 Å². The number of likely N-dealkylation sites (N-methyl/N-ethyl adjacent to an activating group) is 1. The van der Waals surface area contributed by atoms with Gasteiger partial charge in [-0.3, -0.25) is 9.59 Å². The Morgan fingerprint density at radius 2 is 1.70 bits per heavy atom. The average Bonchev–Trinajstić information content (AvgIpc) is 2.25. The monoisotopic (exact) mass is 288 g/mol. The predicted molar refractivity (Wildman–Crippen MR) is 78.4 cm³/mol. The van der Waals surface area contributed by atoms with E-state index < -0.39 is 12.1 Å². The molecule has 118 valence electrons. The molecule has 0 saturated heterocycles. The molecule has 0 amide bonds. The minimum atomic E-state index is -0.931. The van der Waals surface area contributed by atoms with Gasteiger partial charge in [0.1, 0.15) is 6.54 Å². The van der Waals surface area contributed by atoms with E-state index in [0.29, 0.717) is 17.4 Å². The lowest BCUT2D eigenvalue weighted by atomic mass is 10.1. The molecule has 0 aliphatic rings. The summed E-state index contributed by atoms with van der Waals surface area (Å²) < 4.78 is 5.88. The van der Waals surface area contributed by atoms with Crippen LogP contribution >= 0.6 is 0 Å². The van der Waals surface area contributed by atoms with Crippen LogP contribution < -0.4 is 0 Å². The van der Waals surface area contributed by atoms with Crippen LogP contribution in [0.5, 0.6) is 0 Å². The molecule has 20 heavy (non-hydrogen) atoms. The quantitative estimate of drug-likeness (QED) is 0.360. The molecule has 0 fully saturated rings. The molecule has 0 aromatic heterocycles. The molecule has 0 aromatic carbocycles. The van der Waals surface area contributed by atoms with Crippen LogP contribution in [-0.4, -0.2) is 55.3 Å². The number of carbonyl (C=O) groups excluding carboxylic acids is 1. The first-order chi connectivity index (χ1) is 9.24. The van der Waals surface area contributed by atoms with Crippen molar-refractivity contribution in [1.82, 2.24) is 0 Å². The van der Waals surface area contributed by atoms with Gasteiger partial charge >= 0.3 is 11.9 Å². The molecule has 1 atom stereocenters. The van der Waals surface area contributed by atoms with Crippen LogP contribution in [0.3, 0.4) is 0 Å². The summed E-state index contributed by atoms with van der Waals surface area (Å²) in [7, 11) is 5.86. The fourth-order valence-electron chi connectivity index (χ4n) is 2.07. The summed E-state index contributed by atoms with van der Waals surface area (Å²) in [6.45, 7) is 2.66. The third kappa shape index (κ3) is 12.0. The fourth-order valence-corrected chi connectivity index (χ4v) is 2.07. The fraction of sp³-hybridized carbons (Fsp3) is 0.867. The molecule has 0 aliphatic heterocycles. The number of carboxylic acids is 1. The third-order valence-corrected chi connectivity index (χ3v) is 2.94. The van der Waals surface area contributed by atoms with E-state index in [1.54, 1.807) is 0 Å². The lowest BCUT2D eigenvalue weighted by Gasteiger charge is -2.28. The van der Waals surface area contributed by atoms with E-state index in [4.69, 9.17) is 9.84 Å². The molecule has 0 unspecified atom stereocenters. The molecule has 0 saturated carbocycles. The third-order valence-electron chi connectivity index (χ3n) is 2.94. The summed E-state index contributed by atoms with van der Waals surface area (Å²) in [5.74, 6) is -1.21. The van der Waals surface area contributed by atoms with E-state index in [1.807, 2.05) is 21.1 Å². The SMILES string of the molecule is CCCCCCCC(=O)O[C@@H](CC(=O)O)C[N+](C)(C)C. The van der Waals surface area contributed by atoms with Crippen LogP contribution in [0.15, 0.2) is 0 Å². The van der Waals surface area contributed by atoms with Gasteiger partial charge in [0.15, 0.2) is 6.10 Å². The van der Waals surface area contributed by atoms with E-state index >= 15 is 0 Å². The highest BCUT2D eigenvalue weighted by molar-refractivity contribution is 5.71. The molecule has 0 bridgehead atoms. The number of carboxylic acid groups (broad SMARTS) is 1. The van der Waals surface area contributed by atoms with Gasteiger partial charge < -0.3 is 14.3 Å². The van der Waals surface area contributed by atoms with E-state index in [-0.39, 0.29) is 12.4 Å². The van der Waals surface area contributed by atoms with Crippen molar-refractivity contribution in [2.24, 2.45) is 0 Å². The lowest BCUT2D eigenvalue weighted by molar-refractivity contribution is -0.873. The maximum atomic E-state index is 11.7. The zero-order valence-electron chi connectivity index (χ0n) is 13.4. The highest BCUT2D eigenvalue weighted by Gasteiger charge is 2.24. The first-order valence-corrected chi connectivity index (χ1v) is 7.46. The molecule has 5 heteroatoms. The second-order valence-electron chi connectivity index (χ2n) is 6.35. The average molecular weight is 288 g/mol. The predicted octanol–water partition coefficient (Wildman–Crippen LogP) is 2.44. The number of unbranched alkanes of at least 4 members (excludes halogenated alkanes) is 4. The Morgan fingerprint density at radius 3 is 2.20 bits per heavy atom. The Kier molecular flexibility index (Phi) is 9.21. The highest BCUT2D eigenvalue weighted by atomic mass is 16.5. The van der Waals surface area contributed by atoms with Crippen molar-refractivity contribution < 1.29 is 23.9 Å². The van der Waals surface area contributed by atoms with Gasteiger partial charge in [-0.05, 0) is 6.42 Å². The minimum absolute atomic E-state index is 0.128. The van der Waals surface area contributed by atoms with Crippen molar-refractivity contribution in [3.05, 3.63) is 0 Å². The topological polar surface area (TPSA) is 63.6 Å². The van der Waals surface area contributed by atoms with Crippen molar-refractivity contribution in [2.45, 2.75) is 58.0 Å². The highest BCUT2D eigenvalue weighted by Crippen LogP contribution is 2.10.